The van der Waals surface area contributed by atoms with Crippen LogP contribution in [0.5, 0.6) is 0 Å². The Hall–Kier alpha value is -1.43. The lowest BCUT2D eigenvalue weighted by molar-refractivity contribution is 0.0140. The van der Waals surface area contributed by atoms with Crippen molar-refractivity contribution in [3.63, 3.8) is 0 Å². The van der Waals surface area contributed by atoms with E-state index in [2.05, 4.69) is 5.32 Å². The lowest BCUT2D eigenvalue weighted by Gasteiger charge is -2.19. The molecule has 100 valence electrons. The molecule has 18 heavy (non-hydrogen) atoms. The normalized spacial score (nSPS) is 14.2. The number of nitrogens with two attached hydrogens (primary N) is 1. The smallest absolute Gasteiger partial charge is 0.161 e. The summed E-state index contributed by atoms with van der Waals surface area (Å²) in [5.41, 5.74) is 6.92. The number of benzene rings is 1. The van der Waals surface area contributed by atoms with Crippen LogP contribution in [-0.2, 0) is 0 Å². The molecule has 0 radical (unpaired) electrons. The summed E-state index contributed by atoms with van der Waals surface area (Å²) in [4.78, 5) is 11.3. The molecule has 0 aliphatic rings. The molecular formula is C13H20N2O3. The van der Waals surface area contributed by atoms with Gasteiger partial charge in [0.2, 0.25) is 0 Å². The van der Waals surface area contributed by atoms with Crippen LogP contribution in [0.4, 0.5) is 5.69 Å². The van der Waals surface area contributed by atoms with Crippen molar-refractivity contribution in [3.05, 3.63) is 29.3 Å². The van der Waals surface area contributed by atoms with Crippen LogP contribution in [0.2, 0.25) is 0 Å². The van der Waals surface area contributed by atoms with E-state index in [1.165, 1.54) is 13.0 Å². The van der Waals surface area contributed by atoms with Gasteiger partial charge in [-0.05, 0) is 44.6 Å². The predicted octanol–water partition coefficient (Wildman–Crippen LogP) is 0.475. The molecular weight excluding hydrogens is 232 g/mol. The number of carbonyl (C=O) groups excluding carboxylic acids is 1. The molecule has 0 aromatic heterocycles. The minimum atomic E-state index is -1.02. The molecule has 0 saturated heterocycles. The summed E-state index contributed by atoms with van der Waals surface area (Å²) in [5.74, 6) is -0.161. The van der Waals surface area contributed by atoms with Crippen molar-refractivity contribution in [2.45, 2.75) is 25.6 Å². The maximum Gasteiger partial charge on any atom is 0.161 e. The summed E-state index contributed by atoms with van der Waals surface area (Å²) >= 11 is 0. The second-order valence-corrected chi connectivity index (χ2v) is 4.31. The van der Waals surface area contributed by atoms with Crippen molar-refractivity contribution in [1.29, 1.82) is 0 Å². The molecule has 2 unspecified atom stereocenters. The molecule has 0 aliphatic carbocycles. The molecule has 1 rings (SSSR count). The van der Waals surface area contributed by atoms with Gasteiger partial charge in [0, 0.05) is 11.3 Å². The zero-order valence-corrected chi connectivity index (χ0v) is 10.7. The van der Waals surface area contributed by atoms with Gasteiger partial charge in [0.25, 0.3) is 0 Å². The van der Waals surface area contributed by atoms with Gasteiger partial charge in [-0.25, -0.2) is 0 Å². The van der Waals surface area contributed by atoms with Gasteiger partial charge in [0.15, 0.2) is 5.78 Å². The lowest BCUT2D eigenvalue weighted by Crippen LogP contribution is -2.23. The molecule has 0 spiro atoms. The third kappa shape index (κ3) is 3.53. The number of aliphatic hydroxyl groups excluding tert-OH is 2. The fourth-order valence-corrected chi connectivity index (χ4v) is 1.73. The van der Waals surface area contributed by atoms with Crippen LogP contribution in [-0.4, -0.2) is 35.7 Å². The van der Waals surface area contributed by atoms with Gasteiger partial charge in [0.1, 0.15) is 6.10 Å². The highest BCUT2D eigenvalue weighted by atomic mass is 16.3. The average molecular weight is 252 g/mol. The molecule has 5 nitrogen and oxygen atoms in total. The Labute approximate surface area is 107 Å². The first-order chi connectivity index (χ1) is 8.47. The van der Waals surface area contributed by atoms with Crippen LogP contribution in [0.15, 0.2) is 18.2 Å². The molecule has 0 aliphatic heterocycles. The minimum absolute atomic E-state index is 0.161. The van der Waals surface area contributed by atoms with Crippen molar-refractivity contribution >= 4 is 11.5 Å². The number of nitrogen functional groups attached to an aromatic ring is 1. The van der Waals surface area contributed by atoms with Gasteiger partial charge in [-0.3, -0.25) is 4.79 Å². The Morgan fingerprint density at radius 1 is 1.44 bits per heavy atom. The van der Waals surface area contributed by atoms with Gasteiger partial charge in [-0.15, -0.1) is 0 Å². The molecule has 0 saturated carbocycles. The maximum atomic E-state index is 11.3. The van der Waals surface area contributed by atoms with Gasteiger partial charge in [-0.2, -0.15) is 0 Å². The quantitative estimate of drug-likeness (QED) is 0.436. The first-order valence-electron chi connectivity index (χ1n) is 5.88. The van der Waals surface area contributed by atoms with E-state index in [1.54, 1.807) is 19.2 Å². The Morgan fingerprint density at radius 3 is 2.67 bits per heavy atom. The van der Waals surface area contributed by atoms with Crippen LogP contribution in [0, 0.1) is 0 Å². The zero-order chi connectivity index (χ0) is 13.7. The first-order valence-corrected chi connectivity index (χ1v) is 5.88. The average Bonchev–Trinajstić information content (AvgIpc) is 2.35. The number of anilines is 1. The largest absolute Gasteiger partial charge is 0.398 e. The Bertz CT molecular complexity index is 421. The second kappa shape index (κ2) is 6.49. The van der Waals surface area contributed by atoms with Crippen molar-refractivity contribution in [2.75, 3.05) is 19.3 Å². The molecule has 1 aromatic rings. The number of carbonyl (C=O) groups is 1. The predicted molar refractivity (Wildman–Crippen MR) is 70.4 cm³/mol. The molecule has 5 heteroatoms. The lowest BCUT2D eigenvalue weighted by atomic mass is 9.98. The number of hydrogen-bond acceptors (Lipinski definition) is 5. The highest BCUT2D eigenvalue weighted by molar-refractivity contribution is 5.99. The molecule has 1 aromatic carbocycles. The van der Waals surface area contributed by atoms with Gasteiger partial charge in [0.05, 0.1) is 6.10 Å². The van der Waals surface area contributed by atoms with E-state index in [4.69, 9.17) is 5.73 Å². The molecule has 0 bridgehead atoms. The number of ketones is 1. The Kier molecular flexibility index (Phi) is 5.27. The first kappa shape index (κ1) is 14.6. The fraction of sp³-hybridized carbons (Fsp3) is 0.462. The summed E-state index contributed by atoms with van der Waals surface area (Å²) in [6, 6.07) is 4.72. The summed E-state index contributed by atoms with van der Waals surface area (Å²) in [6.07, 6.45) is -1.46. The summed E-state index contributed by atoms with van der Waals surface area (Å²) < 4.78 is 0. The van der Waals surface area contributed by atoms with Crippen molar-refractivity contribution in [1.82, 2.24) is 5.32 Å². The second-order valence-electron chi connectivity index (χ2n) is 4.31. The maximum absolute atomic E-state index is 11.3. The molecule has 5 N–H and O–H groups in total. The van der Waals surface area contributed by atoms with Gasteiger partial charge >= 0.3 is 0 Å². The van der Waals surface area contributed by atoms with Crippen LogP contribution in [0.25, 0.3) is 0 Å². The van der Waals surface area contributed by atoms with Crippen LogP contribution < -0.4 is 11.1 Å². The Morgan fingerprint density at radius 2 is 2.11 bits per heavy atom. The monoisotopic (exact) mass is 252 g/mol. The van der Waals surface area contributed by atoms with E-state index >= 15 is 0 Å². The zero-order valence-electron chi connectivity index (χ0n) is 10.7. The molecule has 2 atom stereocenters. The third-order valence-electron chi connectivity index (χ3n) is 2.85. The number of rotatable bonds is 6. The number of Topliss-reactive ketones (excluding diaryl/α,β-unsaturated/α-hetero) is 1. The van der Waals surface area contributed by atoms with E-state index in [9.17, 15) is 15.0 Å². The molecule has 0 fully saturated rings. The van der Waals surface area contributed by atoms with E-state index in [-0.39, 0.29) is 5.78 Å². The van der Waals surface area contributed by atoms with E-state index < -0.39 is 12.2 Å². The topological polar surface area (TPSA) is 95.6 Å². The van der Waals surface area contributed by atoms with Crippen molar-refractivity contribution in [2.24, 2.45) is 0 Å². The van der Waals surface area contributed by atoms with Gasteiger partial charge < -0.3 is 21.3 Å². The van der Waals surface area contributed by atoms with E-state index in [0.717, 1.165) is 0 Å². The fourth-order valence-electron chi connectivity index (χ4n) is 1.73. The van der Waals surface area contributed by atoms with Crippen LogP contribution in [0.1, 0.15) is 35.4 Å². The van der Waals surface area contributed by atoms with Crippen molar-refractivity contribution in [3.8, 4) is 0 Å². The minimum Gasteiger partial charge on any atom is -0.398 e. The van der Waals surface area contributed by atoms with E-state index in [1.807, 2.05) is 0 Å². The number of aliphatic hydroxyl groups is 2. The Balaban J connectivity index is 2.89. The third-order valence-corrected chi connectivity index (χ3v) is 2.85. The highest BCUT2D eigenvalue weighted by Gasteiger charge is 2.19. The van der Waals surface area contributed by atoms with E-state index in [0.29, 0.717) is 29.8 Å². The van der Waals surface area contributed by atoms with Crippen LogP contribution in [0.3, 0.4) is 0 Å². The van der Waals surface area contributed by atoms with Crippen molar-refractivity contribution < 1.29 is 15.0 Å². The summed E-state index contributed by atoms with van der Waals surface area (Å²) in [7, 11) is 1.77. The van der Waals surface area contributed by atoms with Crippen LogP contribution >= 0.6 is 0 Å². The molecule has 0 heterocycles. The SMILES string of the molecule is CNCCC(O)C(O)c1ccc(N)c(C(C)=O)c1. The number of nitrogens with one attached hydrogen (secondary N) is 1. The summed E-state index contributed by atoms with van der Waals surface area (Å²) in [5, 5.41) is 22.7. The highest BCUT2D eigenvalue weighted by Crippen LogP contribution is 2.23. The molecule has 0 amide bonds. The summed E-state index contributed by atoms with van der Waals surface area (Å²) in [6.45, 7) is 2.02. The van der Waals surface area contributed by atoms with Gasteiger partial charge in [-0.1, -0.05) is 6.07 Å². The number of hydrogen-bond donors (Lipinski definition) is 4. The standard InChI is InChI=1S/C13H20N2O3/c1-8(16)10-7-9(3-4-11(10)14)13(18)12(17)5-6-15-2/h3-4,7,12-13,15,17-18H,5-6,14H2,1-2H3.